The number of fused-ring (bicyclic) bond motifs is 1. The molecule has 0 saturated heterocycles. The third kappa shape index (κ3) is 5.82. The number of sulfonamides is 1. The quantitative estimate of drug-likeness (QED) is 0.369. The summed E-state index contributed by atoms with van der Waals surface area (Å²) in [6.45, 7) is 9.02. The third-order valence-electron chi connectivity index (χ3n) is 4.77. The van der Waals surface area contributed by atoms with E-state index in [4.69, 9.17) is 0 Å². The SMILES string of the molecule is CC(C)NS(=O)(=O)c1ccc(NC(=O)C(C)Sc2nc3ccccc3c(=O)n2C(C)C)cc1. The van der Waals surface area contributed by atoms with Crippen molar-refractivity contribution in [2.24, 2.45) is 0 Å². The number of rotatable bonds is 8. The van der Waals surface area contributed by atoms with Gasteiger partial charge in [-0.05, 0) is 71.0 Å². The Morgan fingerprint density at radius 2 is 1.64 bits per heavy atom. The van der Waals surface area contributed by atoms with E-state index in [0.717, 1.165) is 0 Å². The lowest BCUT2D eigenvalue weighted by Crippen LogP contribution is -2.30. The first kappa shape index (κ1) is 24.9. The predicted molar refractivity (Wildman–Crippen MR) is 132 cm³/mol. The van der Waals surface area contributed by atoms with Crippen LogP contribution in [0.3, 0.4) is 0 Å². The average Bonchev–Trinajstić information content (AvgIpc) is 2.73. The summed E-state index contributed by atoms with van der Waals surface area (Å²) < 4.78 is 28.6. The summed E-state index contributed by atoms with van der Waals surface area (Å²) >= 11 is 1.20. The number of carbonyl (C=O) groups is 1. The maximum absolute atomic E-state index is 13.0. The van der Waals surface area contributed by atoms with Crippen molar-refractivity contribution in [3.8, 4) is 0 Å². The van der Waals surface area contributed by atoms with Crippen molar-refractivity contribution in [1.82, 2.24) is 14.3 Å². The summed E-state index contributed by atoms with van der Waals surface area (Å²) in [5.41, 5.74) is 0.919. The Kier molecular flexibility index (Phi) is 7.61. The summed E-state index contributed by atoms with van der Waals surface area (Å²) in [4.78, 5) is 30.5. The van der Waals surface area contributed by atoms with Gasteiger partial charge in [-0.2, -0.15) is 0 Å². The highest BCUT2D eigenvalue weighted by molar-refractivity contribution is 8.00. The summed E-state index contributed by atoms with van der Waals surface area (Å²) in [6.07, 6.45) is 0. The monoisotopic (exact) mass is 488 g/mol. The molecule has 0 aliphatic heterocycles. The lowest BCUT2D eigenvalue weighted by Gasteiger charge is -2.18. The number of hydrogen-bond acceptors (Lipinski definition) is 6. The fraction of sp³-hybridized carbons (Fsp3) is 0.348. The Morgan fingerprint density at radius 3 is 2.24 bits per heavy atom. The minimum absolute atomic E-state index is 0.123. The molecule has 0 aliphatic rings. The molecule has 0 aliphatic carbocycles. The predicted octanol–water partition coefficient (Wildman–Crippen LogP) is 3.78. The van der Waals surface area contributed by atoms with E-state index in [1.807, 2.05) is 19.9 Å². The van der Waals surface area contributed by atoms with Gasteiger partial charge in [-0.15, -0.1) is 0 Å². The van der Waals surface area contributed by atoms with Crippen LogP contribution >= 0.6 is 11.8 Å². The summed E-state index contributed by atoms with van der Waals surface area (Å²) in [6, 6.07) is 12.8. The van der Waals surface area contributed by atoms with E-state index >= 15 is 0 Å². The summed E-state index contributed by atoms with van der Waals surface area (Å²) in [5.74, 6) is -0.284. The molecule has 10 heteroatoms. The van der Waals surface area contributed by atoms with Crippen LogP contribution in [-0.2, 0) is 14.8 Å². The molecule has 176 valence electrons. The van der Waals surface area contributed by atoms with E-state index in [2.05, 4.69) is 15.0 Å². The Bertz CT molecular complexity index is 1320. The number of amides is 1. The van der Waals surface area contributed by atoms with E-state index in [9.17, 15) is 18.0 Å². The first-order valence-electron chi connectivity index (χ1n) is 10.6. The second-order valence-electron chi connectivity index (χ2n) is 8.23. The largest absolute Gasteiger partial charge is 0.325 e. The number of nitrogens with one attached hydrogen (secondary N) is 2. The molecule has 0 spiro atoms. The van der Waals surface area contributed by atoms with Gasteiger partial charge in [0.25, 0.3) is 5.56 Å². The average molecular weight is 489 g/mol. The van der Waals surface area contributed by atoms with Gasteiger partial charge in [0.05, 0.1) is 21.0 Å². The highest BCUT2D eigenvalue weighted by Crippen LogP contribution is 2.26. The zero-order chi connectivity index (χ0) is 24.3. The van der Waals surface area contributed by atoms with Crippen molar-refractivity contribution in [2.75, 3.05) is 5.32 Å². The Balaban J connectivity index is 1.78. The van der Waals surface area contributed by atoms with Crippen molar-refractivity contribution >= 4 is 44.3 Å². The highest BCUT2D eigenvalue weighted by atomic mass is 32.2. The van der Waals surface area contributed by atoms with Crippen LogP contribution < -0.4 is 15.6 Å². The van der Waals surface area contributed by atoms with Gasteiger partial charge in [-0.25, -0.2) is 18.1 Å². The number of hydrogen-bond donors (Lipinski definition) is 2. The van der Waals surface area contributed by atoms with Crippen molar-refractivity contribution in [1.29, 1.82) is 0 Å². The number of benzene rings is 2. The van der Waals surface area contributed by atoms with Gasteiger partial charge in [0, 0.05) is 17.8 Å². The van der Waals surface area contributed by atoms with Gasteiger partial charge in [0.1, 0.15) is 0 Å². The van der Waals surface area contributed by atoms with Gasteiger partial charge < -0.3 is 5.32 Å². The molecular weight excluding hydrogens is 460 g/mol. The molecule has 1 atom stereocenters. The molecule has 1 aromatic heterocycles. The third-order valence-corrected chi connectivity index (χ3v) is 7.51. The van der Waals surface area contributed by atoms with Crippen LogP contribution in [-0.4, -0.2) is 35.2 Å². The van der Waals surface area contributed by atoms with Crippen molar-refractivity contribution in [3.63, 3.8) is 0 Å². The van der Waals surface area contributed by atoms with Crippen LogP contribution in [0.5, 0.6) is 0 Å². The maximum Gasteiger partial charge on any atom is 0.262 e. The van der Waals surface area contributed by atoms with Crippen LogP contribution in [0.1, 0.15) is 40.7 Å². The molecule has 2 aromatic carbocycles. The van der Waals surface area contributed by atoms with Crippen LogP contribution in [0.4, 0.5) is 5.69 Å². The number of carbonyl (C=O) groups excluding carboxylic acids is 1. The Morgan fingerprint density at radius 1 is 1.00 bits per heavy atom. The van der Waals surface area contributed by atoms with Crippen molar-refractivity contribution in [2.45, 2.75) is 62.0 Å². The smallest absolute Gasteiger partial charge is 0.262 e. The van der Waals surface area contributed by atoms with Crippen LogP contribution in [0.2, 0.25) is 0 Å². The number of aromatic nitrogens is 2. The van der Waals surface area contributed by atoms with E-state index in [-0.39, 0.29) is 28.4 Å². The second-order valence-corrected chi connectivity index (χ2v) is 11.3. The van der Waals surface area contributed by atoms with E-state index in [0.29, 0.717) is 21.7 Å². The molecule has 0 bridgehead atoms. The molecule has 0 radical (unpaired) electrons. The topological polar surface area (TPSA) is 110 Å². The standard InChI is InChI=1S/C23H28N4O4S2/c1-14(2)26-33(30,31)18-12-10-17(11-13-18)24-21(28)16(5)32-23-25-20-9-7-6-8-19(20)22(29)27(23)15(3)4/h6-16,26H,1-5H3,(H,24,28). The van der Waals surface area contributed by atoms with E-state index in [1.165, 1.54) is 23.9 Å². The summed E-state index contributed by atoms with van der Waals surface area (Å²) in [7, 11) is -3.60. The molecule has 1 heterocycles. The normalized spacial score (nSPS) is 12.9. The minimum atomic E-state index is -3.60. The molecule has 1 amide bonds. The lowest BCUT2D eigenvalue weighted by atomic mass is 10.2. The summed E-state index contributed by atoms with van der Waals surface area (Å²) in [5, 5.41) is 3.25. The molecule has 8 nitrogen and oxygen atoms in total. The molecule has 33 heavy (non-hydrogen) atoms. The van der Waals surface area contributed by atoms with Crippen LogP contribution in [0, 0.1) is 0 Å². The molecule has 0 fully saturated rings. The zero-order valence-electron chi connectivity index (χ0n) is 19.2. The van der Waals surface area contributed by atoms with E-state index < -0.39 is 15.3 Å². The second kappa shape index (κ2) is 10.1. The molecule has 2 N–H and O–H groups in total. The molecule has 0 saturated carbocycles. The Hall–Kier alpha value is -2.69. The molecule has 3 aromatic rings. The minimum Gasteiger partial charge on any atom is -0.325 e. The highest BCUT2D eigenvalue weighted by Gasteiger charge is 2.21. The number of nitrogens with zero attached hydrogens (tertiary/aromatic N) is 2. The fourth-order valence-electron chi connectivity index (χ4n) is 3.22. The van der Waals surface area contributed by atoms with Gasteiger partial charge in [0.2, 0.25) is 15.9 Å². The number of para-hydroxylation sites is 1. The first-order valence-corrected chi connectivity index (χ1v) is 13.0. The Labute approximate surface area is 197 Å². The zero-order valence-corrected chi connectivity index (χ0v) is 20.8. The van der Waals surface area contributed by atoms with Crippen LogP contribution in [0.15, 0.2) is 63.4 Å². The maximum atomic E-state index is 13.0. The van der Waals surface area contributed by atoms with Gasteiger partial charge in [0.15, 0.2) is 5.16 Å². The fourth-order valence-corrected chi connectivity index (χ4v) is 5.51. The lowest BCUT2D eigenvalue weighted by molar-refractivity contribution is -0.115. The van der Waals surface area contributed by atoms with Crippen molar-refractivity contribution < 1.29 is 13.2 Å². The van der Waals surface area contributed by atoms with Gasteiger partial charge >= 0.3 is 0 Å². The van der Waals surface area contributed by atoms with E-state index in [1.54, 1.807) is 55.7 Å². The first-order chi connectivity index (χ1) is 15.5. The molecule has 3 rings (SSSR count). The van der Waals surface area contributed by atoms with Crippen molar-refractivity contribution in [3.05, 3.63) is 58.9 Å². The van der Waals surface area contributed by atoms with Gasteiger partial charge in [-0.1, -0.05) is 23.9 Å². The van der Waals surface area contributed by atoms with Gasteiger partial charge in [-0.3, -0.25) is 14.2 Å². The molecular formula is C23H28N4O4S2. The number of anilines is 1. The number of thioether (sulfide) groups is 1. The van der Waals surface area contributed by atoms with Crippen LogP contribution in [0.25, 0.3) is 10.9 Å². The molecule has 1 unspecified atom stereocenters.